The number of carbonyl (C=O) groups is 2. The summed E-state index contributed by atoms with van der Waals surface area (Å²) < 4.78 is 6.02. The Balaban J connectivity index is 4.01. The summed E-state index contributed by atoms with van der Waals surface area (Å²) in [5.41, 5.74) is 0. The van der Waals surface area contributed by atoms with Gasteiger partial charge in [-0.2, -0.15) is 0 Å². The second kappa shape index (κ2) is 42.8. The first-order valence-electron chi connectivity index (χ1n) is 22.8. The fraction of sp³-hybridized carbons (Fsp3) is 0.872. The molecule has 0 saturated carbocycles. The highest BCUT2D eigenvalue weighted by molar-refractivity contribution is 5.69. The zero-order chi connectivity index (χ0) is 37.1. The summed E-state index contributed by atoms with van der Waals surface area (Å²) in [6.45, 7) is 4.56. The smallest absolute Gasteiger partial charge is 0.306 e. The van der Waals surface area contributed by atoms with Crippen molar-refractivity contribution < 1.29 is 19.4 Å². The maximum absolute atomic E-state index is 12.7. The van der Waals surface area contributed by atoms with E-state index < -0.39 is 5.97 Å². The summed E-state index contributed by atoms with van der Waals surface area (Å²) in [6, 6.07) is 0. The van der Waals surface area contributed by atoms with Crippen LogP contribution in [0.15, 0.2) is 24.3 Å². The number of carboxylic acid groups (broad SMARTS) is 1. The molecule has 0 heterocycles. The molecule has 4 heteroatoms. The number of hydrogen-bond donors (Lipinski definition) is 1. The Kier molecular flexibility index (Phi) is 41.5. The van der Waals surface area contributed by atoms with Gasteiger partial charge in [-0.1, -0.05) is 179 Å². The lowest BCUT2D eigenvalue weighted by molar-refractivity contribution is -0.150. The summed E-state index contributed by atoms with van der Waals surface area (Å²) in [5, 5.41) is 8.85. The van der Waals surface area contributed by atoms with Crippen molar-refractivity contribution in [3.8, 4) is 0 Å². The fourth-order valence-corrected chi connectivity index (χ4v) is 7.00. The van der Waals surface area contributed by atoms with Gasteiger partial charge in [-0.15, -0.1) is 0 Å². The molecule has 300 valence electrons. The molecule has 1 N–H and O–H groups in total. The van der Waals surface area contributed by atoms with Gasteiger partial charge < -0.3 is 9.84 Å². The average molecular weight is 717 g/mol. The van der Waals surface area contributed by atoms with Gasteiger partial charge in [-0.25, -0.2) is 0 Å². The van der Waals surface area contributed by atoms with Crippen molar-refractivity contribution in [2.45, 2.75) is 264 Å². The topological polar surface area (TPSA) is 63.6 Å². The van der Waals surface area contributed by atoms with Crippen LogP contribution < -0.4 is 0 Å². The van der Waals surface area contributed by atoms with Gasteiger partial charge in [-0.3, -0.25) is 9.59 Å². The van der Waals surface area contributed by atoms with Crippen molar-refractivity contribution in [3.05, 3.63) is 24.3 Å². The van der Waals surface area contributed by atoms with Crippen molar-refractivity contribution in [3.63, 3.8) is 0 Å². The Morgan fingerprint density at radius 3 is 1.08 bits per heavy atom. The third kappa shape index (κ3) is 42.7. The Labute approximate surface area is 318 Å². The summed E-state index contributed by atoms with van der Waals surface area (Å²) in [5.74, 6) is -0.706. The van der Waals surface area contributed by atoms with E-state index in [-0.39, 0.29) is 18.5 Å². The van der Waals surface area contributed by atoms with E-state index in [0.717, 1.165) is 70.6 Å². The minimum Gasteiger partial charge on any atom is -0.481 e. The molecule has 0 aromatic heterocycles. The predicted molar refractivity (Wildman–Crippen MR) is 223 cm³/mol. The first kappa shape index (κ1) is 49.4. The van der Waals surface area contributed by atoms with Gasteiger partial charge in [0.2, 0.25) is 0 Å². The number of aliphatic carboxylic acids is 1. The predicted octanol–water partition coefficient (Wildman–Crippen LogP) is 16.0. The largest absolute Gasteiger partial charge is 0.481 e. The molecule has 0 saturated heterocycles. The van der Waals surface area contributed by atoms with Crippen molar-refractivity contribution in [2.24, 2.45) is 0 Å². The molecule has 0 radical (unpaired) electrons. The molecule has 0 aliphatic carbocycles. The van der Waals surface area contributed by atoms with Crippen LogP contribution in [-0.4, -0.2) is 23.1 Å². The number of unbranched alkanes of at least 4 members (excludes halogenated alkanes) is 29. The molecule has 1 atom stereocenters. The highest BCUT2D eigenvalue weighted by Crippen LogP contribution is 2.19. The standard InChI is InChI=1S/C47H88O4/c1-3-5-7-9-11-13-15-17-19-20-21-23-25-27-29-31-36-40-44-47(50)51-45(42-38-34-32-35-39-43-46(48)49)41-37-33-30-28-26-24-22-18-16-14-12-10-8-6-4-2/h19-20,24,26,45H,3-18,21-23,25,27-44H2,1-2H3,(H,48,49)/b20-19-,26-24-. The molecule has 0 amide bonds. The van der Waals surface area contributed by atoms with Crippen LogP contribution in [0.2, 0.25) is 0 Å². The normalized spacial score (nSPS) is 12.4. The zero-order valence-corrected chi connectivity index (χ0v) is 34.4. The van der Waals surface area contributed by atoms with E-state index in [2.05, 4.69) is 38.2 Å². The van der Waals surface area contributed by atoms with Crippen molar-refractivity contribution in [1.29, 1.82) is 0 Å². The Morgan fingerprint density at radius 1 is 0.412 bits per heavy atom. The minimum absolute atomic E-state index is 0.00590. The Morgan fingerprint density at radius 2 is 0.706 bits per heavy atom. The number of allylic oxidation sites excluding steroid dienone is 4. The number of esters is 1. The summed E-state index contributed by atoms with van der Waals surface area (Å²) in [7, 11) is 0. The molecule has 0 spiro atoms. The van der Waals surface area contributed by atoms with Crippen LogP contribution in [0, 0.1) is 0 Å². The number of carbonyl (C=O) groups excluding carboxylic acids is 1. The highest BCUT2D eigenvalue weighted by atomic mass is 16.5. The van der Waals surface area contributed by atoms with E-state index in [4.69, 9.17) is 9.84 Å². The van der Waals surface area contributed by atoms with Crippen LogP contribution in [0.3, 0.4) is 0 Å². The van der Waals surface area contributed by atoms with Gasteiger partial charge in [0.25, 0.3) is 0 Å². The zero-order valence-electron chi connectivity index (χ0n) is 34.4. The number of hydrogen-bond acceptors (Lipinski definition) is 3. The molecule has 0 aromatic rings. The number of carboxylic acids is 1. The van der Waals surface area contributed by atoms with Crippen molar-refractivity contribution >= 4 is 11.9 Å². The van der Waals surface area contributed by atoms with Crippen LogP contribution in [0.4, 0.5) is 0 Å². The first-order chi connectivity index (χ1) is 25.1. The van der Waals surface area contributed by atoms with E-state index >= 15 is 0 Å². The van der Waals surface area contributed by atoms with E-state index in [1.54, 1.807) is 0 Å². The molecule has 4 nitrogen and oxygen atoms in total. The van der Waals surface area contributed by atoms with Crippen LogP contribution in [0.1, 0.15) is 258 Å². The van der Waals surface area contributed by atoms with Crippen LogP contribution in [0.5, 0.6) is 0 Å². The SMILES string of the molecule is CCCCCCCCC/C=C\CCCCCCCCCC(=O)OC(CCCCC/C=C\CCCCCCCCCC)CCCCCCCC(=O)O. The summed E-state index contributed by atoms with van der Waals surface area (Å²) >= 11 is 0. The maximum atomic E-state index is 12.7. The molecule has 1 unspecified atom stereocenters. The van der Waals surface area contributed by atoms with Gasteiger partial charge in [0.15, 0.2) is 0 Å². The third-order valence-corrected chi connectivity index (χ3v) is 10.4. The molecule has 0 bridgehead atoms. The summed E-state index contributed by atoms with van der Waals surface area (Å²) in [4.78, 5) is 23.5. The Bertz CT molecular complexity index is 772. The maximum Gasteiger partial charge on any atom is 0.306 e. The van der Waals surface area contributed by atoms with E-state index in [1.807, 2.05) is 0 Å². The van der Waals surface area contributed by atoms with Gasteiger partial charge in [-0.05, 0) is 89.9 Å². The molecule has 0 aromatic carbocycles. The van der Waals surface area contributed by atoms with Crippen molar-refractivity contribution in [1.82, 2.24) is 0 Å². The van der Waals surface area contributed by atoms with Crippen molar-refractivity contribution in [2.75, 3.05) is 0 Å². The van der Waals surface area contributed by atoms with Crippen LogP contribution in [0.25, 0.3) is 0 Å². The average Bonchev–Trinajstić information content (AvgIpc) is 3.12. The minimum atomic E-state index is -0.701. The van der Waals surface area contributed by atoms with Crippen LogP contribution >= 0.6 is 0 Å². The van der Waals surface area contributed by atoms with Gasteiger partial charge in [0, 0.05) is 12.8 Å². The molecule has 0 fully saturated rings. The molecule has 0 aliphatic rings. The van der Waals surface area contributed by atoms with Gasteiger partial charge in [0.1, 0.15) is 6.10 Å². The lowest BCUT2D eigenvalue weighted by Crippen LogP contribution is -2.18. The van der Waals surface area contributed by atoms with Crippen LogP contribution in [-0.2, 0) is 14.3 Å². The monoisotopic (exact) mass is 717 g/mol. The number of ether oxygens (including phenoxy) is 1. The fourth-order valence-electron chi connectivity index (χ4n) is 7.00. The molecule has 51 heavy (non-hydrogen) atoms. The van der Waals surface area contributed by atoms with Gasteiger partial charge >= 0.3 is 11.9 Å². The molecule has 0 aliphatic heterocycles. The molecular formula is C47H88O4. The van der Waals surface area contributed by atoms with E-state index in [9.17, 15) is 9.59 Å². The van der Waals surface area contributed by atoms with Gasteiger partial charge in [0.05, 0.1) is 0 Å². The highest BCUT2D eigenvalue weighted by Gasteiger charge is 2.14. The first-order valence-corrected chi connectivity index (χ1v) is 22.8. The molecular weight excluding hydrogens is 629 g/mol. The quantitative estimate of drug-likeness (QED) is 0.0388. The number of rotatable bonds is 42. The lowest BCUT2D eigenvalue weighted by atomic mass is 10.0. The second-order valence-corrected chi connectivity index (χ2v) is 15.6. The third-order valence-electron chi connectivity index (χ3n) is 10.4. The van der Waals surface area contributed by atoms with E-state index in [0.29, 0.717) is 6.42 Å². The lowest BCUT2D eigenvalue weighted by Gasteiger charge is -2.18. The Hall–Kier alpha value is -1.58. The van der Waals surface area contributed by atoms with E-state index in [1.165, 1.54) is 161 Å². The molecule has 0 rings (SSSR count). The second-order valence-electron chi connectivity index (χ2n) is 15.6. The summed E-state index contributed by atoms with van der Waals surface area (Å²) in [6.07, 6.45) is 55.0.